The number of rotatable bonds is 9. The lowest BCUT2D eigenvalue weighted by Crippen LogP contribution is -2.45. The maximum atomic E-state index is 13.6. The molecule has 2 aliphatic heterocycles. The van der Waals surface area contributed by atoms with Gasteiger partial charge in [-0.25, -0.2) is 8.42 Å². The second kappa shape index (κ2) is 11.8. The van der Waals surface area contributed by atoms with Crippen molar-refractivity contribution in [2.24, 2.45) is 5.92 Å². The summed E-state index contributed by atoms with van der Waals surface area (Å²) in [6.45, 7) is 2.38. The first-order valence-corrected chi connectivity index (χ1v) is 13.7. The quantitative estimate of drug-likeness (QED) is 0.524. The van der Waals surface area contributed by atoms with Gasteiger partial charge in [0.2, 0.25) is 15.9 Å². The fourth-order valence-electron chi connectivity index (χ4n) is 4.74. The summed E-state index contributed by atoms with van der Waals surface area (Å²) in [5, 5.41) is 1.26. The predicted octanol–water partition coefficient (Wildman–Crippen LogP) is 3.92. The number of sulfonamides is 1. The maximum Gasteiger partial charge on any atom is 0.236 e. The standard InChI is InChI=1S/C27H34N2O5S/c1-33-26-12-6-5-10-24(26)20-28(21-25-11-7-18-34-25)27(30)23-13-16-29(17-14-23)35(31,32)19-15-22-8-3-2-4-9-22/h2-6,8-10,12,15,19,23,25H,7,11,13-14,16-18,20-21H2,1H3/b19-15+. The third kappa shape index (κ3) is 6.72. The number of amides is 1. The van der Waals surface area contributed by atoms with Crippen LogP contribution in [-0.2, 0) is 26.1 Å². The van der Waals surface area contributed by atoms with Crippen LogP contribution < -0.4 is 4.74 Å². The van der Waals surface area contributed by atoms with Crippen molar-refractivity contribution in [3.8, 4) is 5.75 Å². The predicted molar refractivity (Wildman–Crippen MR) is 136 cm³/mol. The number of hydrogen-bond donors (Lipinski definition) is 0. The van der Waals surface area contributed by atoms with Gasteiger partial charge in [-0.05, 0) is 43.4 Å². The fraction of sp³-hybridized carbons (Fsp3) is 0.444. The second-order valence-electron chi connectivity index (χ2n) is 9.10. The van der Waals surface area contributed by atoms with Crippen LogP contribution in [0.3, 0.4) is 0 Å². The molecule has 0 saturated carbocycles. The molecule has 2 aromatic carbocycles. The Morgan fingerprint density at radius 1 is 1.09 bits per heavy atom. The van der Waals surface area contributed by atoms with Gasteiger partial charge in [-0.3, -0.25) is 4.79 Å². The van der Waals surface area contributed by atoms with Crippen LogP contribution in [0, 0.1) is 5.92 Å². The lowest BCUT2D eigenvalue weighted by Gasteiger charge is -2.34. The molecule has 0 N–H and O–H groups in total. The van der Waals surface area contributed by atoms with E-state index in [4.69, 9.17) is 9.47 Å². The number of methoxy groups -OCH3 is 1. The zero-order valence-electron chi connectivity index (χ0n) is 20.2. The van der Waals surface area contributed by atoms with Crippen LogP contribution in [0.2, 0.25) is 0 Å². The molecule has 1 unspecified atom stereocenters. The molecule has 2 aromatic rings. The Balaban J connectivity index is 1.41. The first-order valence-electron chi connectivity index (χ1n) is 12.2. The fourth-order valence-corrected chi connectivity index (χ4v) is 5.96. The molecule has 2 fully saturated rings. The summed E-state index contributed by atoms with van der Waals surface area (Å²) in [5.41, 5.74) is 1.79. The summed E-state index contributed by atoms with van der Waals surface area (Å²) >= 11 is 0. The molecule has 1 amide bonds. The Labute approximate surface area is 208 Å². The molecular weight excluding hydrogens is 464 g/mol. The minimum Gasteiger partial charge on any atom is -0.496 e. The van der Waals surface area contributed by atoms with E-state index in [1.54, 1.807) is 13.2 Å². The topological polar surface area (TPSA) is 76.2 Å². The molecule has 2 heterocycles. The average Bonchev–Trinajstić information content (AvgIpc) is 3.41. The van der Waals surface area contributed by atoms with Crippen molar-refractivity contribution in [3.63, 3.8) is 0 Å². The van der Waals surface area contributed by atoms with Crippen molar-refractivity contribution in [1.82, 2.24) is 9.21 Å². The van der Waals surface area contributed by atoms with Gasteiger partial charge in [0.1, 0.15) is 5.75 Å². The molecule has 0 bridgehead atoms. The van der Waals surface area contributed by atoms with Crippen LogP contribution >= 0.6 is 0 Å². The van der Waals surface area contributed by atoms with Crippen LogP contribution in [0.5, 0.6) is 5.75 Å². The van der Waals surface area contributed by atoms with Crippen LogP contribution in [0.4, 0.5) is 0 Å². The number of ether oxygens (including phenoxy) is 2. The van der Waals surface area contributed by atoms with Gasteiger partial charge in [0.15, 0.2) is 0 Å². The third-order valence-corrected chi connectivity index (χ3v) is 8.27. The first kappa shape index (κ1) is 25.4. The van der Waals surface area contributed by atoms with E-state index in [1.807, 2.05) is 59.5 Å². The van der Waals surface area contributed by atoms with Crippen LogP contribution in [0.15, 0.2) is 60.0 Å². The van der Waals surface area contributed by atoms with Crippen molar-refractivity contribution < 1.29 is 22.7 Å². The average molecular weight is 499 g/mol. The molecule has 0 aliphatic carbocycles. The second-order valence-corrected chi connectivity index (χ2v) is 10.9. The lowest BCUT2D eigenvalue weighted by molar-refractivity contribution is -0.139. The molecule has 2 aliphatic rings. The molecular formula is C27H34N2O5S. The smallest absolute Gasteiger partial charge is 0.236 e. The number of hydrogen-bond acceptors (Lipinski definition) is 5. The van der Waals surface area contributed by atoms with E-state index in [9.17, 15) is 13.2 Å². The summed E-state index contributed by atoms with van der Waals surface area (Å²) in [5.74, 6) is 0.600. The van der Waals surface area contributed by atoms with Gasteiger partial charge >= 0.3 is 0 Å². The summed E-state index contributed by atoms with van der Waals surface area (Å²) < 4.78 is 38.4. The van der Waals surface area contributed by atoms with E-state index in [1.165, 1.54) is 9.71 Å². The van der Waals surface area contributed by atoms with Gasteiger partial charge in [-0.2, -0.15) is 4.31 Å². The molecule has 4 rings (SSSR count). The SMILES string of the molecule is COc1ccccc1CN(CC1CCCO1)C(=O)C1CCN(S(=O)(=O)/C=C/c2ccccc2)CC1. The van der Waals surface area contributed by atoms with Crippen LogP contribution in [-0.4, -0.2) is 63.0 Å². The molecule has 0 radical (unpaired) electrons. The molecule has 0 aromatic heterocycles. The van der Waals surface area contributed by atoms with Crippen LogP contribution in [0.1, 0.15) is 36.8 Å². The maximum absolute atomic E-state index is 13.6. The Morgan fingerprint density at radius 3 is 2.49 bits per heavy atom. The minimum atomic E-state index is -3.54. The molecule has 2 saturated heterocycles. The highest BCUT2D eigenvalue weighted by atomic mass is 32.2. The van der Waals surface area contributed by atoms with Crippen molar-refractivity contribution in [3.05, 3.63) is 71.1 Å². The Morgan fingerprint density at radius 2 is 1.80 bits per heavy atom. The monoisotopic (exact) mass is 498 g/mol. The van der Waals surface area contributed by atoms with Gasteiger partial charge in [0.25, 0.3) is 0 Å². The van der Waals surface area contributed by atoms with Gasteiger partial charge in [-0.1, -0.05) is 48.5 Å². The van der Waals surface area contributed by atoms with Crippen LogP contribution in [0.25, 0.3) is 6.08 Å². The van der Waals surface area contributed by atoms with Crippen molar-refractivity contribution >= 4 is 22.0 Å². The molecule has 8 heteroatoms. The van der Waals surface area contributed by atoms with E-state index in [0.717, 1.165) is 36.3 Å². The molecule has 1 atom stereocenters. The number of nitrogens with zero attached hydrogens (tertiary/aromatic N) is 2. The Kier molecular flexibility index (Phi) is 8.59. The highest BCUT2D eigenvalue weighted by Crippen LogP contribution is 2.27. The van der Waals surface area contributed by atoms with E-state index in [-0.39, 0.29) is 17.9 Å². The summed E-state index contributed by atoms with van der Waals surface area (Å²) in [4.78, 5) is 15.5. The molecule has 188 valence electrons. The highest BCUT2D eigenvalue weighted by molar-refractivity contribution is 7.92. The number of carbonyl (C=O) groups excluding carboxylic acids is 1. The number of benzene rings is 2. The van der Waals surface area contributed by atoms with Crippen molar-refractivity contribution in [2.45, 2.75) is 38.3 Å². The highest BCUT2D eigenvalue weighted by Gasteiger charge is 2.33. The molecule has 35 heavy (non-hydrogen) atoms. The normalized spacial score (nSPS) is 19.7. The summed E-state index contributed by atoms with van der Waals surface area (Å²) in [7, 11) is -1.90. The lowest BCUT2D eigenvalue weighted by atomic mass is 9.96. The number of carbonyl (C=O) groups is 1. The number of para-hydroxylation sites is 1. The van der Waals surface area contributed by atoms with E-state index >= 15 is 0 Å². The largest absolute Gasteiger partial charge is 0.496 e. The van der Waals surface area contributed by atoms with Gasteiger partial charge < -0.3 is 14.4 Å². The van der Waals surface area contributed by atoms with E-state index in [2.05, 4.69) is 0 Å². The van der Waals surface area contributed by atoms with Crippen molar-refractivity contribution in [2.75, 3.05) is 33.4 Å². The zero-order chi connectivity index (χ0) is 24.7. The first-order chi connectivity index (χ1) is 17.0. The van der Waals surface area contributed by atoms with Gasteiger partial charge in [-0.15, -0.1) is 0 Å². The minimum absolute atomic E-state index is 0.0391. The Bertz CT molecular complexity index is 1110. The van der Waals surface area contributed by atoms with Gasteiger partial charge in [0, 0.05) is 49.7 Å². The molecule has 0 spiro atoms. The Hall–Kier alpha value is -2.68. The zero-order valence-corrected chi connectivity index (χ0v) is 21.0. The summed E-state index contributed by atoms with van der Waals surface area (Å²) in [6, 6.07) is 17.1. The summed E-state index contributed by atoms with van der Waals surface area (Å²) in [6.07, 6.45) is 4.62. The van der Waals surface area contributed by atoms with E-state index < -0.39 is 10.0 Å². The molecule has 7 nitrogen and oxygen atoms in total. The number of piperidine rings is 1. The van der Waals surface area contributed by atoms with Gasteiger partial charge in [0.05, 0.1) is 13.2 Å². The van der Waals surface area contributed by atoms with Crippen molar-refractivity contribution in [1.29, 1.82) is 0 Å². The van der Waals surface area contributed by atoms with E-state index in [0.29, 0.717) is 39.0 Å². The third-order valence-electron chi connectivity index (χ3n) is 6.71.